The Bertz CT molecular complexity index is 369. The van der Waals surface area contributed by atoms with Crippen molar-refractivity contribution in [2.75, 3.05) is 0 Å². The molecule has 0 spiro atoms. The molecule has 0 unspecified atom stereocenters. The molecule has 0 aliphatic carbocycles. The molecule has 0 N–H and O–H groups in total. The minimum Gasteiger partial charge on any atom is -0.130 e. The summed E-state index contributed by atoms with van der Waals surface area (Å²) in [4.78, 5) is 0. The van der Waals surface area contributed by atoms with E-state index in [9.17, 15) is 0 Å². The van der Waals surface area contributed by atoms with Crippen molar-refractivity contribution in [3.63, 3.8) is 0 Å². The number of rotatable bonds is 1. The Morgan fingerprint density at radius 1 is 1.15 bits per heavy atom. The van der Waals surface area contributed by atoms with Crippen molar-refractivity contribution in [2.45, 2.75) is 19.5 Å². The minimum atomic E-state index is -0.605. The average Bonchev–Trinajstić information content (AvgIpc) is 2.54. The van der Waals surface area contributed by atoms with Crippen LogP contribution in [0.3, 0.4) is 0 Å². The summed E-state index contributed by atoms with van der Waals surface area (Å²) in [6, 6.07) is 8.05. The summed E-state index contributed by atoms with van der Waals surface area (Å²) in [5.41, 5.74) is 1.61. The maximum Gasteiger partial charge on any atom is 0.217 e. The van der Waals surface area contributed by atoms with Crippen LogP contribution in [-0.2, 0) is 5.66 Å². The van der Waals surface area contributed by atoms with E-state index in [2.05, 4.69) is 20.7 Å². The first-order valence-electron chi connectivity index (χ1n) is 4.12. The van der Waals surface area contributed by atoms with Crippen molar-refractivity contribution in [1.82, 2.24) is 0 Å². The van der Waals surface area contributed by atoms with Crippen molar-refractivity contribution in [2.24, 2.45) is 20.7 Å². The van der Waals surface area contributed by atoms with E-state index in [0.717, 1.165) is 5.56 Å². The highest BCUT2D eigenvalue weighted by atomic mass is 15.6. The second kappa shape index (κ2) is 2.73. The molecule has 0 fully saturated rings. The summed E-state index contributed by atoms with van der Waals surface area (Å²) in [5.74, 6) is 0. The summed E-state index contributed by atoms with van der Waals surface area (Å²) >= 11 is 0. The third kappa shape index (κ3) is 1.35. The zero-order valence-electron chi connectivity index (χ0n) is 7.60. The zero-order valence-corrected chi connectivity index (χ0v) is 7.60. The van der Waals surface area contributed by atoms with Crippen LogP contribution in [0.2, 0.25) is 0 Å². The van der Waals surface area contributed by atoms with E-state index < -0.39 is 5.66 Å². The van der Waals surface area contributed by atoms with Gasteiger partial charge in [-0.2, -0.15) is 0 Å². The number of aryl methyl sites for hydroxylation is 1. The molecule has 4 heteroatoms. The van der Waals surface area contributed by atoms with E-state index in [1.165, 1.54) is 5.56 Å². The second-order valence-corrected chi connectivity index (χ2v) is 3.27. The Labute approximate surface area is 76.4 Å². The van der Waals surface area contributed by atoms with Gasteiger partial charge in [-0.3, -0.25) is 0 Å². The van der Waals surface area contributed by atoms with E-state index in [-0.39, 0.29) is 0 Å². The second-order valence-electron chi connectivity index (χ2n) is 3.27. The molecule has 4 nitrogen and oxygen atoms in total. The molecule has 0 amide bonds. The molecule has 1 heterocycles. The van der Waals surface area contributed by atoms with Crippen LogP contribution in [0.15, 0.2) is 44.9 Å². The normalized spacial score (nSPS) is 18.0. The SMILES string of the molecule is Cc1cccc(C2(C)N=NN=N2)c1. The first-order chi connectivity index (χ1) is 6.21. The highest BCUT2D eigenvalue weighted by molar-refractivity contribution is 5.28. The van der Waals surface area contributed by atoms with Gasteiger partial charge in [0.15, 0.2) is 0 Å². The van der Waals surface area contributed by atoms with Crippen molar-refractivity contribution in [3.8, 4) is 0 Å². The molecule has 66 valence electrons. The molecule has 0 atom stereocenters. The fourth-order valence-corrected chi connectivity index (χ4v) is 1.29. The maximum absolute atomic E-state index is 3.97. The molecule has 1 aromatic rings. The van der Waals surface area contributed by atoms with Gasteiger partial charge < -0.3 is 0 Å². The quantitative estimate of drug-likeness (QED) is 0.628. The van der Waals surface area contributed by atoms with Crippen LogP contribution in [-0.4, -0.2) is 0 Å². The van der Waals surface area contributed by atoms with Gasteiger partial charge in [0.1, 0.15) is 0 Å². The molecule has 0 radical (unpaired) electrons. The van der Waals surface area contributed by atoms with Gasteiger partial charge in [0, 0.05) is 5.56 Å². The summed E-state index contributed by atoms with van der Waals surface area (Å²) < 4.78 is 0. The highest BCUT2D eigenvalue weighted by Crippen LogP contribution is 2.31. The third-order valence-corrected chi connectivity index (χ3v) is 2.08. The molecule has 1 aliphatic heterocycles. The van der Waals surface area contributed by atoms with Crippen molar-refractivity contribution < 1.29 is 0 Å². The van der Waals surface area contributed by atoms with Gasteiger partial charge in [-0.05, 0) is 24.3 Å². The molecule has 0 bridgehead atoms. The first kappa shape index (κ1) is 8.04. The highest BCUT2D eigenvalue weighted by Gasteiger charge is 2.28. The fraction of sp³-hybridized carbons (Fsp3) is 0.333. The van der Waals surface area contributed by atoms with E-state index >= 15 is 0 Å². The summed E-state index contributed by atoms with van der Waals surface area (Å²) in [6.07, 6.45) is 0. The third-order valence-electron chi connectivity index (χ3n) is 2.08. The molecule has 0 saturated carbocycles. The topological polar surface area (TPSA) is 49.4 Å². The molecule has 0 aromatic heterocycles. The fourth-order valence-electron chi connectivity index (χ4n) is 1.29. The number of hydrogen-bond donors (Lipinski definition) is 0. The monoisotopic (exact) mass is 174 g/mol. The maximum atomic E-state index is 3.97. The molecular formula is C9H10N4. The lowest BCUT2D eigenvalue weighted by Gasteiger charge is -2.13. The standard InChI is InChI=1S/C9H10N4/c1-7-4-3-5-8(6-7)9(2)10-12-13-11-9/h3-6H,1-2H3. The van der Waals surface area contributed by atoms with Gasteiger partial charge >= 0.3 is 0 Å². The van der Waals surface area contributed by atoms with Crippen LogP contribution < -0.4 is 0 Å². The lowest BCUT2D eigenvalue weighted by molar-refractivity contribution is 0.518. The van der Waals surface area contributed by atoms with Crippen LogP contribution in [0.1, 0.15) is 18.1 Å². The molecule has 1 aromatic carbocycles. The minimum absolute atomic E-state index is 0.605. The van der Waals surface area contributed by atoms with Gasteiger partial charge in [-0.1, -0.05) is 29.8 Å². The lowest BCUT2D eigenvalue weighted by Crippen LogP contribution is -2.12. The van der Waals surface area contributed by atoms with E-state index in [4.69, 9.17) is 0 Å². The summed E-state index contributed by atoms with van der Waals surface area (Å²) in [5, 5.41) is 15.0. The number of benzene rings is 1. The molecular weight excluding hydrogens is 164 g/mol. The summed E-state index contributed by atoms with van der Waals surface area (Å²) in [6.45, 7) is 3.93. The van der Waals surface area contributed by atoms with Gasteiger partial charge in [-0.25, -0.2) is 0 Å². The average molecular weight is 174 g/mol. The van der Waals surface area contributed by atoms with Crippen LogP contribution in [0.25, 0.3) is 0 Å². The van der Waals surface area contributed by atoms with Crippen molar-refractivity contribution >= 4 is 0 Å². The summed E-state index contributed by atoms with van der Waals surface area (Å²) in [7, 11) is 0. The Morgan fingerprint density at radius 2 is 1.85 bits per heavy atom. The lowest BCUT2D eigenvalue weighted by atomic mass is 10.0. The van der Waals surface area contributed by atoms with Crippen LogP contribution in [0.5, 0.6) is 0 Å². The Hall–Kier alpha value is -1.58. The van der Waals surface area contributed by atoms with Gasteiger partial charge in [0.2, 0.25) is 5.66 Å². The van der Waals surface area contributed by atoms with Gasteiger partial charge in [0.25, 0.3) is 0 Å². The van der Waals surface area contributed by atoms with Crippen molar-refractivity contribution in [1.29, 1.82) is 0 Å². The van der Waals surface area contributed by atoms with Crippen molar-refractivity contribution in [3.05, 3.63) is 35.4 Å². The van der Waals surface area contributed by atoms with Gasteiger partial charge in [0.05, 0.1) is 0 Å². The predicted molar refractivity (Wildman–Crippen MR) is 48.2 cm³/mol. The van der Waals surface area contributed by atoms with E-state index in [0.29, 0.717) is 0 Å². The number of nitrogens with zero attached hydrogens (tertiary/aromatic N) is 4. The van der Waals surface area contributed by atoms with Crippen LogP contribution >= 0.6 is 0 Å². The van der Waals surface area contributed by atoms with Gasteiger partial charge in [-0.15, -0.1) is 10.2 Å². The van der Waals surface area contributed by atoms with Crippen LogP contribution in [0.4, 0.5) is 0 Å². The predicted octanol–water partition coefficient (Wildman–Crippen LogP) is 3.00. The zero-order chi connectivity index (χ0) is 9.31. The molecule has 1 aliphatic rings. The molecule has 0 saturated heterocycles. The molecule has 2 rings (SSSR count). The Kier molecular flexibility index (Phi) is 1.69. The largest absolute Gasteiger partial charge is 0.217 e. The number of hydrogen-bond acceptors (Lipinski definition) is 4. The molecule has 13 heavy (non-hydrogen) atoms. The van der Waals surface area contributed by atoms with E-state index in [1.807, 2.05) is 38.1 Å². The Morgan fingerprint density at radius 3 is 2.46 bits per heavy atom. The first-order valence-corrected chi connectivity index (χ1v) is 4.12. The Balaban J connectivity index is 2.46. The smallest absolute Gasteiger partial charge is 0.130 e. The van der Waals surface area contributed by atoms with E-state index in [1.54, 1.807) is 0 Å². The van der Waals surface area contributed by atoms with Crippen LogP contribution in [0, 0.1) is 6.92 Å².